The maximum absolute atomic E-state index is 14.4. The summed E-state index contributed by atoms with van der Waals surface area (Å²) in [6.07, 6.45) is 4.85. The molecule has 0 amide bonds. The lowest BCUT2D eigenvalue weighted by Crippen LogP contribution is -2.46. The van der Waals surface area contributed by atoms with Gasteiger partial charge in [-0.2, -0.15) is 0 Å². The molecule has 1 aromatic carbocycles. The van der Waals surface area contributed by atoms with E-state index < -0.39 is 23.3 Å². The van der Waals surface area contributed by atoms with Gasteiger partial charge in [-0.1, -0.05) is 25.3 Å². The Morgan fingerprint density at radius 3 is 2.40 bits per heavy atom. The van der Waals surface area contributed by atoms with Crippen LogP contribution in [0.4, 0.5) is 8.78 Å². The van der Waals surface area contributed by atoms with E-state index in [0.29, 0.717) is 5.56 Å². The molecule has 0 spiro atoms. The predicted molar refractivity (Wildman–Crippen MR) is 75.7 cm³/mol. The van der Waals surface area contributed by atoms with Gasteiger partial charge in [0.25, 0.3) is 0 Å². The smallest absolute Gasteiger partial charge is 0.133 e. The highest BCUT2D eigenvalue weighted by Crippen LogP contribution is 2.42. The molecule has 0 aromatic heterocycles. The van der Waals surface area contributed by atoms with Crippen LogP contribution in [-0.2, 0) is 4.74 Å². The predicted octanol–water partition coefficient (Wildman–Crippen LogP) is 3.88. The monoisotopic (exact) mass is 283 g/mol. The Bertz CT molecular complexity index is 470. The Hall–Kier alpha value is -1.00. The molecule has 2 nitrogen and oxygen atoms in total. The summed E-state index contributed by atoms with van der Waals surface area (Å²) >= 11 is 0. The molecular formula is C16H23F2NO. The molecule has 20 heavy (non-hydrogen) atoms. The number of aryl methyl sites for hydroxylation is 1. The van der Waals surface area contributed by atoms with Gasteiger partial charge < -0.3 is 10.1 Å². The number of hydrogen-bond acceptors (Lipinski definition) is 2. The van der Waals surface area contributed by atoms with Crippen molar-refractivity contribution in [1.29, 1.82) is 0 Å². The van der Waals surface area contributed by atoms with Gasteiger partial charge in [-0.05, 0) is 38.4 Å². The average Bonchev–Trinajstić information content (AvgIpc) is 2.48. The van der Waals surface area contributed by atoms with Gasteiger partial charge in [0.1, 0.15) is 11.6 Å². The highest BCUT2D eigenvalue weighted by molar-refractivity contribution is 5.31. The third-order valence-electron chi connectivity index (χ3n) is 4.53. The fraction of sp³-hybridized carbons (Fsp3) is 0.625. The van der Waals surface area contributed by atoms with Crippen LogP contribution in [0.1, 0.15) is 49.3 Å². The second-order valence-electron chi connectivity index (χ2n) is 5.64. The van der Waals surface area contributed by atoms with Crippen LogP contribution in [0.5, 0.6) is 0 Å². The molecular weight excluding hydrogens is 260 g/mol. The number of ether oxygens (including phenoxy) is 1. The Labute approximate surface area is 119 Å². The van der Waals surface area contributed by atoms with Crippen LogP contribution in [0.3, 0.4) is 0 Å². The van der Waals surface area contributed by atoms with Crippen molar-refractivity contribution >= 4 is 0 Å². The van der Waals surface area contributed by atoms with Gasteiger partial charge in [0, 0.05) is 12.7 Å². The quantitative estimate of drug-likeness (QED) is 0.905. The molecule has 0 saturated heterocycles. The van der Waals surface area contributed by atoms with Gasteiger partial charge in [0.15, 0.2) is 0 Å². The van der Waals surface area contributed by atoms with E-state index >= 15 is 0 Å². The number of hydrogen-bond donors (Lipinski definition) is 1. The fourth-order valence-electron chi connectivity index (χ4n) is 3.37. The lowest BCUT2D eigenvalue weighted by atomic mass is 9.76. The normalized spacial score (nSPS) is 19.9. The SMILES string of the molecule is CNC(c1c(F)ccc(C)c1F)C1(OC)CCCCC1. The van der Waals surface area contributed by atoms with Gasteiger partial charge in [0.05, 0.1) is 11.6 Å². The number of likely N-dealkylation sites (N-methyl/N-ethyl adjacent to an activating group) is 1. The molecule has 0 bridgehead atoms. The molecule has 1 aromatic rings. The minimum absolute atomic E-state index is 0.108. The van der Waals surface area contributed by atoms with Crippen molar-refractivity contribution in [2.75, 3.05) is 14.2 Å². The first kappa shape index (κ1) is 15.4. The summed E-state index contributed by atoms with van der Waals surface area (Å²) in [7, 11) is 3.38. The second-order valence-corrected chi connectivity index (χ2v) is 5.64. The molecule has 0 radical (unpaired) electrons. The number of methoxy groups -OCH3 is 1. The number of nitrogens with one attached hydrogen (secondary N) is 1. The number of benzene rings is 1. The van der Waals surface area contributed by atoms with Crippen molar-refractivity contribution < 1.29 is 13.5 Å². The van der Waals surface area contributed by atoms with Crippen molar-refractivity contribution in [3.63, 3.8) is 0 Å². The third-order valence-corrected chi connectivity index (χ3v) is 4.53. The summed E-state index contributed by atoms with van der Waals surface area (Å²) < 4.78 is 34.4. The van der Waals surface area contributed by atoms with Crippen LogP contribution >= 0.6 is 0 Å². The minimum atomic E-state index is -0.525. The van der Waals surface area contributed by atoms with Gasteiger partial charge in [-0.25, -0.2) is 8.78 Å². The van der Waals surface area contributed by atoms with E-state index in [1.165, 1.54) is 12.1 Å². The van der Waals surface area contributed by atoms with Crippen molar-refractivity contribution in [3.05, 3.63) is 34.9 Å². The van der Waals surface area contributed by atoms with Gasteiger partial charge in [-0.15, -0.1) is 0 Å². The first-order valence-electron chi connectivity index (χ1n) is 7.22. The first-order valence-corrected chi connectivity index (χ1v) is 7.22. The minimum Gasteiger partial charge on any atom is -0.376 e. The Morgan fingerprint density at radius 1 is 1.20 bits per heavy atom. The highest BCUT2D eigenvalue weighted by Gasteiger charge is 2.42. The Balaban J connectivity index is 2.49. The molecule has 4 heteroatoms. The molecule has 1 unspecified atom stereocenters. The summed E-state index contributed by atoms with van der Waals surface area (Å²) in [5.74, 6) is -0.971. The average molecular weight is 283 g/mol. The first-order chi connectivity index (χ1) is 9.55. The molecule has 112 valence electrons. The Morgan fingerprint density at radius 2 is 1.85 bits per heavy atom. The molecule has 1 saturated carbocycles. The Kier molecular flexibility index (Phi) is 4.76. The number of halogens is 2. The zero-order valence-corrected chi connectivity index (χ0v) is 12.4. The van der Waals surface area contributed by atoms with Gasteiger partial charge in [0.2, 0.25) is 0 Å². The second kappa shape index (κ2) is 6.19. The van der Waals surface area contributed by atoms with Crippen LogP contribution in [0, 0.1) is 18.6 Å². The third kappa shape index (κ3) is 2.59. The highest BCUT2D eigenvalue weighted by atomic mass is 19.1. The maximum Gasteiger partial charge on any atom is 0.133 e. The molecule has 1 N–H and O–H groups in total. The van der Waals surface area contributed by atoms with E-state index in [9.17, 15) is 8.78 Å². The molecule has 1 aliphatic rings. The van der Waals surface area contributed by atoms with Crippen LogP contribution in [-0.4, -0.2) is 19.8 Å². The van der Waals surface area contributed by atoms with E-state index in [-0.39, 0.29) is 5.56 Å². The summed E-state index contributed by atoms with van der Waals surface area (Å²) in [5, 5.41) is 3.08. The molecule has 0 heterocycles. The fourth-order valence-corrected chi connectivity index (χ4v) is 3.37. The molecule has 2 rings (SSSR count). The standard InChI is InChI=1S/C16H23F2NO/c1-11-7-8-12(17)13(14(11)18)15(19-2)16(20-3)9-5-4-6-10-16/h7-8,15,19H,4-6,9-10H2,1-3H3. The summed E-state index contributed by atoms with van der Waals surface area (Å²) in [4.78, 5) is 0. The van der Waals surface area contributed by atoms with E-state index in [0.717, 1.165) is 32.1 Å². The molecule has 1 aliphatic carbocycles. The largest absolute Gasteiger partial charge is 0.376 e. The van der Waals surface area contributed by atoms with E-state index in [2.05, 4.69) is 5.32 Å². The van der Waals surface area contributed by atoms with Crippen LogP contribution in [0.15, 0.2) is 12.1 Å². The zero-order valence-electron chi connectivity index (χ0n) is 12.4. The van der Waals surface area contributed by atoms with Crippen molar-refractivity contribution in [2.45, 2.75) is 50.7 Å². The van der Waals surface area contributed by atoms with Crippen molar-refractivity contribution in [1.82, 2.24) is 5.32 Å². The number of rotatable bonds is 4. The molecule has 1 fully saturated rings. The van der Waals surface area contributed by atoms with Crippen LogP contribution in [0.2, 0.25) is 0 Å². The van der Waals surface area contributed by atoms with E-state index in [1.807, 2.05) is 0 Å². The van der Waals surface area contributed by atoms with Gasteiger partial charge >= 0.3 is 0 Å². The van der Waals surface area contributed by atoms with Crippen LogP contribution < -0.4 is 5.32 Å². The zero-order chi connectivity index (χ0) is 14.8. The topological polar surface area (TPSA) is 21.3 Å². The molecule has 1 atom stereocenters. The lowest BCUT2D eigenvalue weighted by Gasteiger charge is -2.42. The van der Waals surface area contributed by atoms with Crippen LogP contribution in [0.25, 0.3) is 0 Å². The van der Waals surface area contributed by atoms with Crippen molar-refractivity contribution in [3.8, 4) is 0 Å². The maximum atomic E-state index is 14.4. The van der Waals surface area contributed by atoms with E-state index in [1.54, 1.807) is 21.1 Å². The summed E-state index contributed by atoms with van der Waals surface area (Å²) in [6, 6.07) is 2.35. The lowest BCUT2D eigenvalue weighted by molar-refractivity contribution is -0.0686. The summed E-state index contributed by atoms with van der Waals surface area (Å²) in [6.45, 7) is 1.66. The molecule has 0 aliphatic heterocycles. The van der Waals surface area contributed by atoms with E-state index in [4.69, 9.17) is 4.74 Å². The van der Waals surface area contributed by atoms with Gasteiger partial charge in [-0.3, -0.25) is 0 Å². The summed E-state index contributed by atoms with van der Waals surface area (Å²) in [5.41, 5.74) is 0.0441. The van der Waals surface area contributed by atoms with Crippen molar-refractivity contribution in [2.24, 2.45) is 0 Å².